The van der Waals surface area contributed by atoms with Gasteiger partial charge in [0.2, 0.25) is 0 Å². The van der Waals surface area contributed by atoms with E-state index >= 15 is 0 Å². The number of nitriles is 1. The van der Waals surface area contributed by atoms with Gasteiger partial charge in [-0.3, -0.25) is 9.79 Å². The number of nitrogens with zero attached hydrogens (tertiary/aromatic N) is 3. The first kappa shape index (κ1) is 12.9. The third kappa shape index (κ3) is 3.24. The van der Waals surface area contributed by atoms with E-state index in [-0.39, 0.29) is 11.5 Å². The van der Waals surface area contributed by atoms with Crippen LogP contribution in [0, 0.1) is 11.3 Å². The topological polar surface area (TPSA) is 77.7 Å². The lowest BCUT2D eigenvalue weighted by Crippen LogP contribution is -2.41. The predicted octanol–water partition coefficient (Wildman–Crippen LogP) is -0.0549. The summed E-state index contributed by atoms with van der Waals surface area (Å²) in [4.78, 5) is 17.8. The highest BCUT2D eigenvalue weighted by atomic mass is 32.2. The minimum absolute atomic E-state index is 0.104. The molecular weight excluding hydrogens is 252 g/mol. The number of carbonyl (C=O) groups is 1. The predicted molar refractivity (Wildman–Crippen MR) is 69.0 cm³/mol. The molecular formula is C11H14N4O2S. The van der Waals surface area contributed by atoms with Gasteiger partial charge in [-0.1, -0.05) is 11.8 Å². The first-order valence-electron chi connectivity index (χ1n) is 5.72. The molecule has 2 rings (SSSR count). The maximum absolute atomic E-state index is 12.0. The normalized spacial score (nSPS) is 20.3. The molecule has 2 aliphatic rings. The van der Waals surface area contributed by atoms with Gasteiger partial charge in [0.05, 0.1) is 19.8 Å². The summed E-state index contributed by atoms with van der Waals surface area (Å²) in [6.45, 7) is 2.90. The Balaban J connectivity index is 1.96. The van der Waals surface area contributed by atoms with Crippen LogP contribution in [0.25, 0.3) is 0 Å². The summed E-state index contributed by atoms with van der Waals surface area (Å²) < 4.78 is 5.17. The zero-order chi connectivity index (χ0) is 12.8. The first-order valence-corrected chi connectivity index (χ1v) is 6.71. The molecule has 2 aliphatic heterocycles. The van der Waals surface area contributed by atoms with Gasteiger partial charge in [0.15, 0.2) is 5.17 Å². The van der Waals surface area contributed by atoms with E-state index in [1.54, 1.807) is 16.7 Å². The number of hydrogen-bond donors (Lipinski definition) is 1. The Morgan fingerprint density at radius 1 is 1.56 bits per heavy atom. The van der Waals surface area contributed by atoms with E-state index in [0.717, 1.165) is 17.5 Å². The fourth-order valence-corrected chi connectivity index (χ4v) is 2.34. The van der Waals surface area contributed by atoms with Gasteiger partial charge in [-0.15, -0.1) is 0 Å². The third-order valence-corrected chi connectivity index (χ3v) is 3.48. The van der Waals surface area contributed by atoms with Crippen molar-refractivity contribution in [3.63, 3.8) is 0 Å². The average molecular weight is 266 g/mol. The molecule has 0 bridgehead atoms. The van der Waals surface area contributed by atoms with Crippen LogP contribution in [0.2, 0.25) is 0 Å². The zero-order valence-corrected chi connectivity index (χ0v) is 10.7. The molecule has 1 fully saturated rings. The highest BCUT2D eigenvalue weighted by Crippen LogP contribution is 2.10. The van der Waals surface area contributed by atoms with Crippen LogP contribution in [0.1, 0.15) is 0 Å². The number of thioether (sulfide) groups is 1. The second-order valence-electron chi connectivity index (χ2n) is 3.75. The summed E-state index contributed by atoms with van der Waals surface area (Å²) in [6, 6.07) is 1.93. The van der Waals surface area contributed by atoms with Crippen molar-refractivity contribution in [1.82, 2.24) is 10.2 Å². The molecule has 0 radical (unpaired) electrons. The van der Waals surface area contributed by atoms with Crippen molar-refractivity contribution in [2.24, 2.45) is 4.99 Å². The third-order valence-electron chi connectivity index (χ3n) is 2.57. The maximum Gasteiger partial charge on any atom is 0.266 e. The molecule has 18 heavy (non-hydrogen) atoms. The summed E-state index contributed by atoms with van der Waals surface area (Å²) in [7, 11) is 0. The van der Waals surface area contributed by atoms with Crippen LogP contribution in [0.15, 0.2) is 16.8 Å². The number of ether oxygens (including phenoxy) is 1. The molecule has 0 aromatic carbocycles. The van der Waals surface area contributed by atoms with E-state index < -0.39 is 0 Å². The lowest BCUT2D eigenvalue weighted by atomic mass is 10.2. The molecule has 0 atom stereocenters. The second kappa shape index (κ2) is 6.42. The van der Waals surface area contributed by atoms with Crippen molar-refractivity contribution in [1.29, 1.82) is 5.26 Å². The number of nitrogens with one attached hydrogen (secondary N) is 1. The smallest absolute Gasteiger partial charge is 0.266 e. The Kier molecular flexibility index (Phi) is 4.61. The lowest BCUT2D eigenvalue weighted by Gasteiger charge is -2.26. The fraction of sp³-hybridized carbons (Fsp3) is 0.545. The van der Waals surface area contributed by atoms with Crippen LogP contribution in [0.3, 0.4) is 0 Å². The summed E-state index contributed by atoms with van der Waals surface area (Å²) >= 11 is 1.58. The van der Waals surface area contributed by atoms with Crippen molar-refractivity contribution >= 4 is 22.8 Å². The number of hydrogen-bond acceptors (Lipinski definition) is 6. The summed E-state index contributed by atoms with van der Waals surface area (Å²) in [5.74, 6) is 0.687. The summed E-state index contributed by atoms with van der Waals surface area (Å²) in [5.41, 5.74) is 0.104. The number of carbonyl (C=O) groups excluding carboxylic acids is 1. The van der Waals surface area contributed by atoms with E-state index in [4.69, 9.17) is 10.00 Å². The molecule has 1 amide bonds. The minimum Gasteiger partial charge on any atom is -0.378 e. The molecule has 0 aromatic rings. The van der Waals surface area contributed by atoms with Gasteiger partial charge in [0, 0.05) is 25.0 Å². The monoisotopic (exact) mass is 266 g/mol. The number of rotatable bonds is 2. The van der Waals surface area contributed by atoms with E-state index in [1.807, 2.05) is 6.07 Å². The number of amidine groups is 1. The number of amides is 1. The molecule has 96 valence electrons. The van der Waals surface area contributed by atoms with Crippen molar-refractivity contribution < 1.29 is 9.53 Å². The maximum atomic E-state index is 12.0. The summed E-state index contributed by atoms with van der Waals surface area (Å²) in [5, 5.41) is 12.7. The number of morpholine rings is 1. The van der Waals surface area contributed by atoms with Crippen molar-refractivity contribution in [3.05, 3.63) is 11.8 Å². The van der Waals surface area contributed by atoms with Crippen LogP contribution in [-0.2, 0) is 9.53 Å². The molecule has 6 nitrogen and oxygen atoms in total. The SMILES string of the molecule is N#C/C(=C/NC1=NCCS1)C(=O)N1CCOCC1. The fourth-order valence-electron chi connectivity index (χ4n) is 1.63. The average Bonchev–Trinajstić information content (AvgIpc) is 2.93. The molecule has 0 aromatic heterocycles. The van der Waals surface area contributed by atoms with Crippen molar-refractivity contribution in [2.75, 3.05) is 38.6 Å². The number of aliphatic imine (C=N–C) groups is 1. The van der Waals surface area contributed by atoms with Gasteiger partial charge in [0.25, 0.3) is 5.91 Å². The van der Waals surface area contributed by atoms with Gasteiger partial charge in [-0.05, 0) is 0 Å². The van der Waals surface area contributed by atoms with E-state index in [1.165, 1.54) is 6.20 Å². The quantitative estimate of drug-likeness (QED) is 0.560. The molecule has 0 saturated carbocycles. The molecule has 0 aliphatic carbocycles. The van der Waals surface area contributed by atoms with E-state index in [0.29, 0.717) is 26.3 Å². The molecule has 1 saturated heterocycles. The molecule has 1 N–H and O–H groups in total. The van der Waals surface area contributed by atoms with Gasteiger partial charge in [0.1, 0.15) is 11.6 Å². The van der Waals surface area contributed by atoms with Gasteiger partial charge < -0.3 is 15.0 Å². The van der Waals surface area contributed by atoms with Gasteiger partial charge in [-0.2, -0.15) is 5.26 Å². The minimum atomic E-state index is -0.253. The highest BCUT2D eigenvalue weighted by Gasteiger charge is 2.20. The highest BCUT2D eigenvalue weighted by molar-refractivity contribution is 8.14. The van der Waals surface area contributed by atoms with Crippen molar-refractivity contribution in [3.8, 4) is 6.07 Å². The molecule has 0 spiro atoms. The molecule has 0 unspecified atom stereocenters. The first-order chi connectivity index (χ1) is 8.81. The largest absolute Gasteiger partial charge is 0.378 e. The lowest BCUT2D eigenvalue weighted by molar-refractivity contribution is -0.130. The van der Waals surface area contributed by atoms with E-state index in [2.05, 4.69) is 10.3 Å². The standard InChI is InChI=1S/C11H14N4O2S/c12-7-9(8-14-11-13-1-6-18-11)10(16)15-2-4-17-5-3-15/h8H,1-6H2,(H,13,14)/b9-8-. The van der Waals surface area contributed by atoms with Crippen LogP contribution in [0.5, 0.6) is 0 Å². The second-order valence-corrected chi connectivity index (χ2v) is 4.84. The molecule has 2 heterocycles. The van der Waals surface area contributed by atoms with E-state index in [9.17, 15) is 4.79 Å². The van der Waals surface area contributed by atoms with Gasteiger partial charge in [-0.25, -0.2) is 0 Å². The Morgan fingerprint density at radius 3 is 2.94 bits per heavy atom. The van der Waals surface area contributed by atoms with Crippen LogP contribution >= 0.6 is 11.8 Å². The Hall–Kier alpha value is -1.52. The zero-order valence-electron chi connectivity index (χ0n) is 9.89. The molecule has 7 heteroatoms. The summed E-state index contributed by atoms with van der Waals surface area (Å²) in [6.07, 6.45) is 1.44. The van der Waals surface area contributed by atoms with Crippen LogP contribution in [-0.4, -0.2) is 54.6 Å². The Morgan fingerprint density at radius 2 is 2.33 bits per heavy atom. The Bertz CT molecular complexity index is 421. The van der Waals surface area contributed by atoms with Gasteiger partial charge >= 0.3 is 0 Å². The Labute approximate surface area is 110 Å². The van der Waals surface area contributed by atoms with Crippen LogP contribution < -0.4 is 5.32 Å². The van der Waals surface area contributed by atoms with Crippen molar-refractivity contribution in [2.45, 2.75) is 0 Å². The van der Waals surface area contributed by atoms with Crippen LogP contribution in [0.4, 0.5) is 0 Å².